The van der Waals surface area contributed by atoms with Crippen molar-refractivity contribution in [3.8, 4) is 5.75 Å². The summed E-state index contributed by atoms with van der Waals surface area (Å²) in [4.78, 5) is 33.0. The van der Waals surface area contributed by atoms with Crippen molar-refractivity contribution in [3.05, 3.63) is 36.3 Å². The lowest BCUT2D eigenvalue weighted by atomic mass is 9.82. The van der Waals surface area contributed by atoms with Crippen molar-refractivity contribution in [2.24, 2.45) is 11.8 Å². The fraction of sp³-hybridized carbons (Fsp3) is 0.700. The number of carbonyl (C=O) groups excluding carboxylic acids is 2. The molecule has 0 unspecified atom stereocenters. The van der Waals surface area contributed by atoms with Gasteiger partial charge in [0.25, 0.3) is 0 Å². The molecule has 1 aromatic rings. The highest BCUT2D eigenvalue weighted by molar-refractivity contribution is 5.89. The van der Waals surface area contributed by atoms with Crippen LogP contribution in [0.2, 0.25) is 0 Å². The number of likely N-dealkylation sites (N-methyl/N-ethyl adjacent to an activating group) is 1. The van der Waals surface area contributed by atoms with Gasteiger partial charge in [-0.3, -0.25) is 14.6 Å². The Hall–Kier alpha value is -2.61. The zero-order chi connectivity index (χ0) is 27.7. The first-order valence-electron chi connectivity index (χ1n) is 14.5. The molecule has 1 saturated carbocycles. The van der Waals surface area contributed by atoms with Crippen molar-refractivity contribution in [1.29, 1.82) is 0 Å². The van der Waals surface area contributed by atoms with Crippen molar-refractivity contribution >= 4 is 11.8 Å². The summed E-state index contributed by atoms with van der Waals surface area (Å²) in [5.74, 6) is 1.21. The summed E-state index contributed by atoms with van der Waals surface area (Å²) in [6.45, 7) is 13.7. The largest absolute Gasteiger partial charge is 0.487 e. The van der Waals surface area contributed by atoms with E-state index in [0.717, 1.165) is 36.4 Å². The first kappa shape index (κ1) is 29.9. The van der Waals surface area contributed by atoms with Crippen LogP contribution >= 0.6 is 0 Å². The van der Waals surface area contributed by atoms with Gasteiger partial charge in [-0.1, -0.05) is 39.7 Å². The van der Waals surface area contributed by atoms with Crippen molar-refractivity contribution in [1.82, 2.24) is 25.8 Å². The van der Waals surface area contributed by atoms with E-state index < -0.39 is 12.1 Å². The van der Waals surface area contributed by atoms with Crippen LogP contribution < -0.4 is 20.7 Å². The van der Waals surface area contributed by atoms with Gasteiger partial charge in [0.15, 0.2) is 0 Å². The molecular formula is C30H49N5O3. The van der Waals surface area contributed by atoms with Gasteiger partial charge in [0.1, 0.15) is 23.9 Å². The van der Waals surface area contributed by atoms with E-state index >= 15 is 0 Å². The van der Waals surface area contributed by atoms with Crippen LogP contribution in [-0.4, -0.2) is 66.1 Å². The molecule has 0 aromatic carbocycles. The molecule has 0 radical (unpaired) electrons. The van der Waals surface area contributed by atoms with Crippen molar-refractivity contribution < 1.29 is 14.3 Å². The van der Waals surface area contributed by atoms with Crippen LogP contribution in [0.1, 0.15) is 78.3 Å². The maximum Gasteiger partial charge on any atom is 0.243 e. The van der Waals surface area contributed by atoms with Crippen molar-refractivity contribution in [2.75, 3.05) is 20.1 Å². The molecule has 1 fully saturated rings. The number of hydrogen-bond acceptors (Lipinski definition) is 6. The number of hydrogen-bond donors (Lipinski definition) is 3. The average molecular weight is 528 g/mol. The Kier molecular flexibility index (Phi) is 11.4. The minimum atomic E-state index is -0.577. The molecule has 3 N–H and O–H groups in total. The lowest BCUT2D eigenvalue weighted by molar-refractivity contribution is -0.131. The number of nitrogens with one attached hydrogen (secondary N) is 3. The molecule has 2 amide bonds. The SMILES string of the molecule is C=C1[C@H](C2CCCCC2)NC[C@@H](C)Oc2cccnc2CCCNC(=O)[C@@H](CC(C)C)NC(=O)[C@@H](C)N1C. The molecule has 0 spiro atoms. The Labute approximate surface area is 229 Å². The zero-order valence-electron chi connectivity index (χ0n) is 24.1. The molecule has 8 nitrogen and oxygen atoms in total. The van der Waals surface area contributed by atoms with Gasteiger partial charge >= 0.3 is 0 Å². The number of pyridine rings is 1. The van der Waals surface area contributed by atoms with Gasteiger partial charge < -0.3 is 25.6 Å². The molecule has 1 aliphatic heterocycles. The van der Waals surface area contributed by atoms with Crippen LogP contribution in [0.4, 0.5) is 0 Å². The first-order valence-corrected chi connectivity index (χ1v) is 14.5. The van der Waals surface area contributed by atoms with E-state index in [1.807, 2.05) is 31.0 Å². The molecule has 2 heterocycles. The summed E-state index contributed by atoms with van der Waals surface area (Å²) >= 11 is 0. The fourth-order valence-corrected chi connectivity index (χ4v) is 5.52. The van der Waals surface area contributed by atoms with E-state index in [1.54, 1.807) is 6.20 Å². The van der Waals surface area contributed by atoms with Crippen LogP contribution in [0.5, 0.6) is 5.75 Å². The Morgan fingerprint density at radius 2 is 1.87 bits per heavy atom. The standard InChI is InChI=1S/C30H49N5O3/c1-20(2)18-26-30(37)32-17-10-14-25-27(15-11-16-31-25)38-21(3)19-33-28(24-12-8-7-9-13-24)22(4)35(6)23(5)29(36)34-26/h11,15-16,20-21,23-24,26,28,33H,4,7-10,12-14,17-19H2,1-3,5-6H3,(H,32,37)(H,34,36)/t21-,23-,26-,28-/m1/s1. The van der Waals surface area contributed by atoms with Gasteiger partial charge in [-0.25, -0.2) is 0 Å². The molecule has 0 saturated heterocycles. The Morgan fingerprint density at radius 1 is 1.13 bits per heavy atom. The van der Waals surface area contributed by atoms with E-state index in [-0.39, 0.29) is 29.9 Å². The van der Waals surface area contributed by atoms with Gasteiger partial charge in [0.2, 0.25) is 11.8 Å². The summed E-state index contributed by atoms with van der Waals surface area (Å²) in [6.07, 6.45) is 9.71. The monoisotopic (exact) mass is 527 g/mol. The molecule has 4 atom stereocenters. The summed E-state index contributed by atoms with van der Waals surface area (Å²) < 4.78 is 6.34. The molecular weight excluding hydrogens is 478 g/mol. The third kappa shape index (κ3) is 8.45. The molecule has 38 heavy (non-hydrogen) atoms. The van der Waals surface area contributed by atoms with Crippen LogP contribution in [0.25, 0.3) is 0 Å². The topological polar surface area (TPSA) is 95.6 Å². The number of amides is 2. The predicted molar refractivity (Wildman–Crippen MR) is 152 cm³/mol. The number of rotatable bonds is 3. The number of aromatic nitrogens is 1. The van der Waals surface area contributed by atoms with Gasteiger partial charge in [0, 0.05) is 38.1 Å². The van der Waals surface area contributed by atoms with E-state index in [4.69, 9.17) is 4.74 Å². The number of carbonyl (C=O) groups is 2. The second-order valence-electron chi connectivity index (χ2n) is 11.5. The van der Waals surface area contributed by atoms with Gasteiger partial charge in [-0.2, -0.15) is 0 Å². The normalized spacial score (nSPS) is 27.5. The summed E-state index contributed by atoms with van der Waals surface area (Å²) in [6, 6.07) is 2.88. The molecule has 1 aromatic heterocycles. The molecule has 212 valence electrons. The van der Waals surface area contributed by atoms with Crippen molar-refractivity contribution in [2.45, 2.75) is 103 Å². The Bertz CT molecular complexity index is 930. The summed E-state index contributed by atoms with van der Waals surface area (Å²) in [5, 5.41) is 9.81. The van der Waals surface area contributed by atoms with E-state index in [1.165, 1.54) is 19.3 Å². The zero-order valence-corrected chi connectivity index (χ0v) is 24.1. The summed E-state index contributed by atoms with van der Waals surface area (Å²) in [7, 11) is 1.93. The molecule has 2 aliphatic rings. The first-order chi connectivity index (χ1) is 18.2. The molecule has 3 rings (SSSR count). The minimum absolute atomic E-state index is 0.0450. The maximum atomic E-state index is 13.4. The highest BCUT2D eigenvalue weighted by Crippen LogP contribution is 2.30. The van der Waals surface area contributed by atoms with E-state index in [2.05, 4.69) is 48.3 Å². The smallest absolute Gasteiger partial charge is 0.243 e. The number of fused-ring (bicyclic) bond motifs is 1. The van der Waals surface area contributed by atoms with Gasteiger partial charge in [0.05, 0.1) is 5.69 Å². The predicted octanol–water partition coefficient (Wildman–Crippen LogP) is 3.81. The molecule has 8 heteroatoms. The van der Waals surface area contributed by atoms with Crippen LogP contribution in [0.3, 0.4) is 0 Å². The second-order valence-corrected chi connectivity index (χ2v) is 11.5. The van der Waals surface area contributed by atoms with Crippen LogP contribution in [-0.2, 0) is 16.0 Å². The fourth-order valence-electron chi connectivity index (χ4n) is 5.52. The van der Waals surface area contributed by atoms with Crippen LogP contribution in [0.15, 0.2) is 30.6 Å². The lowest BCUT2D eigenvalue weighted by Crippen LogP contribution is -2.54. The lowest BCUT2D eigenvalue weighted by Gasteiger charge is -2.39. The van der Waals surface area contributed by atoms with Crippen LogP contribution in [0, 0.1) is 11.8 Å². The second kappa shape index (κ2) is 14.5. The van der Waals surface area contributed by atoms with Gasteiger partial charge in [-0.05, 0) is 69.9 Å². The average Bonchev–Trinajstić information content (AvgIpc) is 2.90. The number of ether oxygens (including phenoxy) is 1. The molecule has 0 bridgehead atoms. The minimum Gasteiger partial charge on any atom is -0.487 e. The Morgan fingerprint density at radius 3 is 2.58 bits per heavy atom. The third-order valence-electron chi connectivity index (χ3n) is 7.93. The number of nitrogens with zero attached hydrogens (tertiary/aromatic N) is 2. The molecule has 1 aliphatic carbocycles. The van der Waals surface area contributed by atoms with E-state index in [9.17, 15) is 9.59 Å². The van der Waals surface area contributed by atoms with E-state index in [0.29, 0.717) is 31.8 Å². The summed E-state index contributed by atoms with van der Waals surface area (Å²) in [5.41, 5.74) is 1.79. The highest BCUT2D eigenvalue weighted by atomic mass is 16.5. The quantitative estimate of drug-likeness (QED) is 0.553. The third-order valence-corrected chi connectivity index (χ3v) is 7.93. The maximum absolute atomic E-state index is 13.4. The van der Waals surface area contributed by atoms with Gasteiger partial charge in [-0.15, -0.1) is 0 Å². The Balaban J connectivity index is 1.87. The van der Waals surface area contributed by atoms with Crippen molar-refractivity contribution in [3.63, 3.8) is 0 Å². The number of aryl methyl sites for hydroxylation is 1. The highest BCUT2D eigenvalue weighted by Gasteiger charge is 2.32.